The van der Waals surface area contributed by atoms with Gasteiger partial charge in [-0.1, -0.05) is 36.5 Å². The van der Waals surface area contributed by atoms with Crippen molar-refractivity contribution < 1.29 is 23.1 Å². The lowest BCUT2D eigenvalue weighted by molar-refractivity contribution is -0.119. The Balaban J connectivity index is 1.59. The van der Waals surface area contributed by atoms with Crippen molar-refractivity contribution in [3.8, 4) is 11.8 Å². The molecule has 0 radical (unpaired) electrons. The minimum Gasteiger partial charge on any atom is -0.377 e. The lowest BCUT2D eigenvalue weighted by atomic mass is 9.51. The molecular weight excluding hydrogens is 499 g/mol. The molecule has 4 aliphatic carbocycles. The van der Waals surface area contributed by atoms with E-state index in [1.807, 2.05) is 18.2 Å². The van der Waals surface area contributed by atoms with Crippen LogP contribution in [0.5, 0.6) is 0 Å². The molecule has 1 aromatic carbocycles. The van der Waals surface area contributed by atoms with Crippen LogP contribution in [0.2, 0.25) is 0 Å². The third kappa shape index (κ3) is 5.20. The number of benzene rings is 1. The highest BCUT2D eigenvalue weighted by Crippen LogP contribution is 2.66. The number of ketones is 1. The van der Waals surface area contributed by atoms with Gasteiger partial charge in [-0.05, 0) is 106 Å². The third-order valence-electron chi connectivity index (χ3n) is 9.68. The zero-order valence-electron chi connectivity index (χ0n) is 23.7. The Hall–Kier alpha value is -2.52. The van der Waals surface area contributed by atoms with Crippen molar-refractivity contribution in [1.29, 1.82) is 0 Å². The van der Waals surface area contributed by atoms with E-state index in [4.69, 9.17) is 0 Å². The van der Waals surface area contributed by atoms with Gasteiger partial charge in [-0.15, -0.1) is 0 Å². The van der Waals surface area contributed by atoms with Crippen molar-refractivity contribution in [1.82, 2.24) is 0 Å². The Morgan fingerprint density at radius 1 is 1.08 bits per heavy atom. The molecule has 0 heterocycles. The van der Waals surface area contributed by atoms with E-state index in [1.165, 1.54) is 23.1 Å². The van der Waals surface area contributed by atoms with Gasteiger partial charge in [0, 0.05) is 35.9 Å². The molecule has 210 valence electrons. The lowest BCUT2D eigenvalue weighted by Crippen LogP contribution is -2.51. The fourth-order valence-electron chi connectivity index (χ4n) is 7.78. The second-order valence-corrected chi connectivity index (χ2v) is 13.5. The molecule has 2 saturated carbocycles. The first kappa shape index (κ1) is 28.0. The highest BCUT2D eigenvalue weighted by molar-refractivity contribution is 5.93. The van der Waals surface area contributed by atoms with Gasteiger partial charge in [-0.25, -0.2) is 0 Å². The number of hydrogen-bond donors (Lipinski definition) is 1. The second-order valence-electron chi connectivity index (χ2n) is 13.5. The number of anilines is 1. The molecular formula is C33H40F3NO2. The Morgan fingerprint density at radius 3 is 2.41 bits per heavy atom. The minimum absolute atomic E-state index is 0.0196. The van der Waals surface area contributed by atoms with Crippen molar-refractivity contribution in [2.45, 2.75) is 90.3 Å². The van der Waals surface area contributed by atoms with Crippen molar-refractivity contribution >= 4 is 11.5 Å². The van der Waals surface area contributed by atoms with Gasteiger partial charge < -0.3 is 10.0 Å². The van der Waals surface area contributed by atoms with Crippen LogP contribution in [0.1, 0.15) is 84.1 Å². The maximum absolute atomic E-state index is 13.0. The van der Waals surface area contributed by atoms with Gasteiger partial charge in [0.25, 0.3) is 0 Å². The summed E-state index contributed by atoms with van der Waals surface area (Å²) in [5.74, 6) is 7.46. The first-order valence-corrected chi connectivity index (χ1v) is 14.2. The van der Waals surface area contributed by atoms with Crippen molar-refractivity contribution in [3.63, 3.8) is 0 Å². The van der Waals surface area contributed by atoms with Crippen molar-refractivity contribution in [2.24, 2.45) is 22.7 Å². The van der Waals surface area contributed by atoms with Crippen LogP contribution in [0.15, 0.2) is 47.1 Å². The Labute approximate surface area is 230 Å². The summed E-state index contributed by atoms with van der Waals surface area (Å²) in [5.41, 5.74) is 3.72. The third-order valence-corrected chi connectivity index (χ3v) is 9.68. The van der Waals surface area contributed by atoms with Gasteiger partial charge in [0.2, 0.25) is 0 Å². The van der Waals surface area contributed by atoms with Crippen LogP contribution in [0.3, 0.4) is 0 Å². The number of hydrogen-bond acceptors (Lipinski definition) is 3. The van der Waals surface area contributed by atoms with E-state index in [2.05, 4.69) is 39.5 Å². The normalized spacial score (nSPS) is 32.5. The molecule has 2 fully saturated rings. The average molecular weight is 540 g/mol. The highest BCUT2D eigenvalue weighted by Gasteiger charge is 2.62. The summed E-state index contributed by atoms with van der Waals surface area (Å²) in [5, 5.41) is 12.1. The second kappa shape index (κ2) is 9.54. The molecule has 1 aromatic rings. The Morgan fingerprint density at radius 2 is 1.77 bits per heavy atom. The van der Waals surface area contributed by atoms with Crippen LogP contribution in [0.25, 0.3) is 0 Å². The topological polar surface area (TPSA) is 40.5 Å². The van der Waals surface area contributed by atoms with Crippen molar-refractivity contribution in [3.05, 3.63) is 52.6 Å². The number of nitrogens with zero attached hydrogens (tertiary/aromatic N) is 1. The highest BCUT2D eigenvalue weighted by atomic mass is 19.4. The predicted molar refractivity (Wildman–Crippen MR) is 148 cm³/mol. The maximum atomic E-state index is 13.0. The number of carbonyl (C=O) groups excluding carboxylic acids is 1. The fourth-order valence-corrected chi connectivity index (χ4v) is 7.78. The number of aliphatic hydroxyl groups is 1. The zero-order valence-corrected chi connectivity index (χ0v) is 23.7. The van der Waals surface area contributed by atoms with Crippen LogP contribution < -0.4 is 4.90 Å². The van der Waals surface area contributed by atoms with E-state index in [-0.39, 0.29) is 17.1 Å². The van der Waals surface area contributed by atoms with E-state index < -0.39 is 23.7 Å². The molecule has 0 aromatic heterocycles. The molecule has 1 N–H and O–H groups in total. The molecule has 4 aliphatic rings. The molecule has 3 nitrogen and oxygen atoms in total. The molecule has 0 saturated heterocycles. The molecule has 5 rings (SSSR count). The van der Waals surface area contributed by atoms with E-state index in [0.29, 0.717) is 30.4 Å². The first-order chi connectivity index (χ1) is 18.1. The summed E-state index contributed by atoms with van der Waals surface area (Å²) < 4.78 is 39.0. The van der Waals surface area contributed by atoms with Gasteiger partial charge >= 0.3 is 6.18 Å². The largest absolute Gasteiger partial charge is 0.405 e. The molecule has 0 spiro atoms. The van der Waals surface area contributed by atoms with Crippen LogP contribution >= 0.6 is 0 Å². The fraction of sp³-hybridized carbons (Fsp3) is 0.606. The number of carbonyl (C=O) groups is 1. The quantitative estimate of drug-likeness (QED) is 0.408. The molecule has 0 aliphatic heterocycles. The summed E-state index contributed by atoms with van der Waals surface area (Å²) in [6, 6.07) is 7.48. The number of allylic oxidation sites excluding steroid dienone is 4. The van der Waals surface area contributed by atoms with Crippen LogP contribution in [-0.4, -0.2) is 36.3 Å². The molecule has 0 bridgehead atoms. The van der Waals surface area contributed by atoms with E-state index >= 15 is 0 Å². The SMILES string of the molecule is CN(CC(F)(F)F)c1ccc([C@H]2C[C@@]3(C)[C@@H](CC[C@@]3(O)C#CC(C)(C)C)[C@@H]3CCC4=CC(=O)CCC4=C32)cc1. The molecule has 0 amide bonds. The van der Waals surface area contributed by atoms with Gasteiger partial charge in [-0.3, -0.25) is 4.79 Å². The number of fused-ring (bicyclic) bond motifs is 4. The standard InChI is InChI=1S/C33H40F3NO2/c1-30(2,3)16-17-32(39)15-14-28-26-12-8-22-18-24(38)11-13-25(22)29(26)27(19-31(28,32)4)21-6-9-23(10-7-21)37(5)20-33(34,35)36/h6-7,9-10,18,26-28,39H,8,11-15,19-20H2,1-5H3/t26-,27+,28-,31-,32+/m0/s1. The average Bonchev–Trinajstić information content (AvgIpc) is 3.11. The first-order valence-electron chi connectivity index (χ1n) is 14.2. The van der Waals surface area contributed by atoms with Crippen LogP contribution in [0, 0.1) is 34.5 Å². The number of halogens is 3. The summed E-state index contributed by atoms with van der Waals surface area (Å²) in [4.78, 5) is 13.5. The molecule has 0 unspecified atom stereocenters. The monoisotopic (exact) mass is 539 g/mol. The summed E-state index contributed by atoms with van der Waals surface area (Å²) in [6.07, 6.45) is 2.94. The Bertz CT molecular complexity index is 1270. The molecule has 6 heteroatoms. The van der Waals surface area contributed by atoms with Crippen molar-refractivity contribution in [2.75, 3.05) is 18.5 Å². The summed E-state index contributed by atoms with van der Waals surface area (Å²) in [7, 11) is 1.46. The zero-order chi connectivity index (χ0) is 28.4. The van der Waals surface area contributed by atoms with E-state index in [9.17, 15) is 23.1 Å². The predicted octanol–water partition coefficient (Wildman–Crippen LogP) is 7.37. The summed E-state index contributed by atoms with van der Waals surface area (Å²) in [6.45, 7) is 7.37. The van der Waals surface area contributed by atoms with Gasteiger partial charge in [0.1, 0.15) is 12.1 Å². The summed E-state index contributed by atoms with van der Waals surface area (Å²) >= 11 is 0. The molecule has 39 heavy (non-hydrogen) atoms. The molecule has 5 atom stereocenters. The smallest absolute Gasteiger partial charge is 0.377 e. The van der Waals surface area contributed by atoms with Gasteiger partial charge in [-0.2, -0.15) is 13.2 Å². The maximum Gasteiger partial charge on any atom is 0.405 e. The lowest BCUT2D eigenvalue weighted by Gasteiger charge is -2.53. The minimum atomic E-state index is -4.27. The van der Waals surface area contributed by atoms with E-state index in [1.54, 1.807) is 12.1 Å². The Kier molecular flexibility index (Phi) is 6.86. The van der Waals surface area contributed by atoms with Gasteiger partial charge in [0.15, 0.2) is 5.78 Å². The van der Waals surface area contributed by atoms with Gasteiger partial charge in [0.05, 0.1) is 0 Å². The number of rotatable bonds is 3. The van der Waals surface area contributed by atoms with Crippen LogP contribution in [0.4, 0.5) is 18.9 Å². The number of alkyl halides is 3. The van der Waals surface area contributed by atoms with Crippen LogP contribution in [-0.2, 0) is 4.79 Å². The van der Waals surface area contributed by atoms with E-state index in [0.717, 1.165) is 43.2 Å².